The van der Waals surface area contributed by atoms with Gasteiger partial charge in [0, 0.05) is 43.5 Å². The van der Waals surface area contributed by atoms with Crippen LogP contribution in [0, 0.1) is 6.92 Å². The molecule has 40 heavy (non-hydrogen) atoms. The first-order valence-electron chi connectivity index (χ1n) is 13.5. The highest BCUT2D eigenvalue weighted by molar-refractivity contribution is 6.44. The minimum absolute atomic E-state index is 0.0256. The van der Waals surface area contributed by atoms with Crippen molar-refractivity contribution in [1.82, 2.24) is 25.1 Å². The van der Waals surface area contributed by atoms with Gasteiger partial charge in [0.25, 0.3) is 0 Å². The molecule has 2 heterocycles. The molecule has 2 N–H and O–H groups in total. The lowest BCUT2D eigenvalue weighted by atomic mass is 9.98. The summed E-state index contributed by atoms with van der Waals surface area (Å²) in [7, 11) is 1.83. The average molecular weight is 583 g/mol. The predicted octanol–water partition coefficient (Wildman–Crippen LogP) is 6.31. The third-order valence-electron chi connectivity index (χ3n) is 8.25. The minimum Gasteiger partial charge on any atom is -0.478 e. The maximum absolute atomic E-state index is 13.1. The fourth-order valence-electron chi connectivity index (χ4n) is 5.93. The van der Waals surface area contributed by atoms with Crippen LogP contribution in [0.3, 0.4) is 0 Å². The van der Waals surface area contributed by atoms with E-state index in [9.17, 15) is 14.7 Å². The maximum Gasteiger partial charge on any atom is 0.337 e. The molecule has 3 aromatic rings. The molecular formula is C30H33Cl2N5O3. The Kier molecular flexibility index (Phi) is 8.31. The number of halogens is 2. The molecule has 0 radical (unpaired) electrons. The number of carboxylic acid groups (broad SMARTS) is 1. The second-order valence-corrected chi connectivity index (χ2v) is 11.5. The van der Waals surface area contributed by atoms with Crippen molar-refractivity contribution < 1.29 is 14.7 Å². The molecule has 0 spiro atoms. The normalized spacial score (nSPS) is 18.3. The number of amides is 2. The van der Waals surface area contributed by atoms with Gasteiger partial charge >= 0.3 is 12.0 Å². The summed E-state index contributed by atoms with van der Waals surface area (Å²) < 4.78 is 0. The summed E-state index contributed by atoms with van der Waals surface area (Å²) in [5.41, 5.74) is 6.35. The first-order chi connectivity index (χ1) is 19.1. The number of hydrogen-bond donors (Lipinski definition) is 2. The Hall–Kier alpha value is -3.20. The molecular weight excluding hydrogens is 549 g/mol. The molecule has 0 bridgehead atoms. The van der Waals surface area contributed by atoms with Crippen molar-refractivity contribution in [3.05, 3.63) is 80.7 Å². The van der Waals surface area contributed by atoms with Crippen LogP contribution in [-0.4, -0.2) is 63.1 Å². The Bertz CT molecular complexity index is 1440. The fourth-order valence-corrected chi connectivity index (χ4v) is 6.51. The molecule has 1 aliphatic heterocycles. The first-order valence-corrected chi connectivity index (χ1v) is 14.3. The Labute approximate surface area is 244 Å². The number of fused-ring (bicyclic) bond motifs is 1. The third-order valence-corrected chi connectivity index (χ3v) is 9.14. The topological polar surface area (TPSA) is 98.7 Å². The van der Waals surface area contributed by atoms with Crippen molar-refractivity contribution in [2.75, 3.05) is 20.1 Å². The van der Waals surface area contributed by atoms with Gasteiger partial charge in [0.05, 0.1) is 27.3 Å². The van der Waals surface area contributed by atoms with E-state index in [-0.39, 0.29) is 27.7 Å². The van der Waals surface area contributed by atoms with Gasteiger partial charge in [-0.25, -0.2) is 19.6 Å². The standard InChI is InChI=1S/C30H33Cl2N5O3/c1-17-14-25(34-16-33-17)20-4-6-23-19(15-20)5-9-26(23)37-12-10-21(11-13-37)36(3)30(40)35-18(2)22-7-8-24(29(38)39)28(32)27(22)31/h4,6-8,14-16,18,21,26H,5,9-13H2,1-3H3,(H,35,40)(H,38,39)/t18-,26?/m0/s1. The second kappa shape index (κ2) is 11.7. The van der Waals surface area contributed by atoms with Crippen molar-refractivity contribution in [2.24, 2.45) is 0 Å². The molecule has 5 rings (SSSR count). The number of carbonyl (C=O) groups is 2. The zero-order valence-electron chi connectivity index (χ0n) is 22.8. The van der Waals surface area contributed by atoms with Crippen LogP contribution < -0.4 is 5.32 Å². The smallest absolute Gasteiger partial charge is 0.337 e. The molecule has 10 heteroatoms. The molecule has 0 saturated carbocycles. The number of rotatable bonds is 6. The van der Waals surface area contributed by atoms with Gasteiger partial charge < -0.3 is 15.3 Å². The molecule has 8 nitrogen and oxygen atoms in total. The van der Waals surface area contributed by atoms with Crippen molar-refractivity contribution in [3.63, 3.8) is 0 Å². The number of nitrogens with one attached hydrogen (secondary N) is 1. The number of hydrogen-bond acceptors (Lipinski definition) is 5. The zero-order valence-corrected chi connectivity index (χ0v) is 24.3. The fraction of sp³-hybridized carbons (Fsp3) is 0.400. The van der Waals surface area contributed by atoms with Gasteiger partial charge in [-0.15, -0.1) is 0 Å². The average Bonchev–Trinajstić information content (AvgIpc) is 3.37. The summed E-state index contributed by atoms with van der Waals surface area (Å²) in [6, 6.07) is 11.6. The van der Waals surface area contributed by atoms with E-state index in [2.05, 4.69) is 38.4 Å². The Morgan fingerprint density at radius 1 is 1.07 bits per heavy atom. The van der Waals surface area contributed by atoms with Crippen LogP contribution in [0.1, 0.15) is 71.0 Å². The van der Waals surface area contributed by atoms with Crippen LogP contribution in [0.15, 0.2) is 42.7 Å². The molecule has 1 fully saturated rings. The number of piperidine rings is 1. The lowest BCUT2D eigenvalue weighted by Crippen LogP contribution is -2.49. The summed E-state index contributed by atoms with van der Waals surface area (Å²) in [5, 5.41) is 12.4. The van der Waals surface area contributed by atoms with E-state index < -0.39 is 12.0 Å². The number of aromatic carboxylic acids is 1. The SMILES string of the molecule is Cc1cc(-c2ccc3c(c2)CCC3N2CCC(N(C)C(=O)N[C@@H](C)c3ccc(C(=O)O)c(Cl)c3Cl)CC2)ncn1. The van der Waals surface area contributed by atoms with E-state index in [1.54, 1.807) is 24.2 Å². The number of likely N-dealkylation sites (tertiary alicyclic amines) is 1. The molecule has 1 unspecified atom stereocenters. The molecule has 1 aromatic heterocycles. The number of urea groups is 1. The highest BCUT2D eigenvalue weighted by Crippen LogP contribution is 2.39. The lowest BCUT2D eigenvalue weighted by molar-refractivity contribution is 0.0697. The second-order valence-electron chi connectivity index (χ2n) is 10.7. The molecule has 1 aliphatic carbocycles. The molecule has 210 valence electrons. The van der Waals surface area contributed by atoms with Gasteiger partial charge in [0.2, 0.25) is 0 Å². The van der Waals surface area contributed by atoms with Gasteiger partial charge in [-0.2, -0.15) is 0 Å². The molecule has 2 aromatic carbocycles. The van der Waals surface area contributed by atoms with E-state index in [1.807, 2.05) is 20.0 Å². The number of aryl methyl sites for hydroxylation is 2. The minimum atomic E-state index is -1.15. The van der Waals surface area contributed by atoms with Gasteiger partial charge in [-0.1, -0.05) is 41.4 Å². The van der Waals surface area contributed by atoms with E-state index >= 15 is 0 Å². The number of nitrogens with zero attached hydrogens (tertiary/aromatic N) is 4. The highest BCUT2D eigenvalue weighted by Gasteiger charge is 2.33. The zero-order chi connectivity index (χ0) is 28.6. The number of carbonyl (C=O) groups excluding carboxylic acids is 1. The van der Waals surface area contributed by atoms with Crippen LogP contribution in [0.25, 0.3) is 11.3 Å². The molecule has 2 aliphatic rings. The third kappa shape index (κ3) is 5.66. The van der Waals surface area contributed by atoms with Crippen molar-refractivity contribution in [3.8, 4) is 11.3 Å². The Balaban J connectivity index is 1.18. The van der Waals surface area contributed by atoms with Crippen LogP contribution in [0.4, 0.5) is 4.79 Å². The maximum atomic E-state index is 13.1. The van der Waals surface area contributed by atoms with E-state index in [0.717, 1.165) is 55.7 Å². The monoisotopic (exact) mass is 581 g/mol. The van der Waals surface area contributed by atoms with E-state index in [4.69, 9.17) is 23.2 Å². The van der Waals surface area contributed by atoms with Crippen LogP contribution in [0.2, 0.25) is 10.0 Å². The lowest BCUT2D eigenvalue weighted by Gasteiger charge is -2.40. The molecule has 2 amide bonds. The van der Waals surface area contributed by atoms with E-state index in [0.29, 0.717) is 11.6 Å². The van der Waals surface area contributed by atoms with Crippen molar-refractivity contribution in [2.45, 2.75) is 57.7 Å². The van der Waals surface area contributed by atoms with Gasteiger partial charge in [-0.3, -0.25) is 4.90 Å². The summed E-state index contributed by atoms with van der Waals surface area (Å²) in [4.78, 5) is 37.4. The number of aromatic nitrogens is 2. The summed E-state index contributed by atoms with van der Waals surface area (Å²) >= 11 is 12.5. The van der Waals surface area contributed by atoms with Gasteiger partial charge in [-0.05, 0) is 74.4 Å². The summed E-state index contributed by atoms with van der Waals surface area (Å²) in [6.45, 7) is 5.63. The van der Waals surface area contributed by atoms with Crippen LogP contribution in [-0.2, 0) is 6.42 Å². The number of benzene rings is 2. The van der Waals surface area contributed by atoms with Crippen molar-refractivity contribution >= 4 is 35.2 Å². The van der Waals surface area contributed by atoms with Gasteiger partial charge in [0.1, 0.15) is 6.33 Å². The van der Waals surface area contributed by atoms with E-state index in [1.165, 1.54) is 17.2 Å². The van der Waals surface area contributed by atoms with Crippen LogP contribution in [0.5, 0.6) is 0 Å². The Morgan fingerprint density at radius 3 is 2.52 bits per heavy atom. The summed E-state index contributed by atoms with van der Waals surface area (Å²) in [6.07, 6.45) is 5.55. The van der Waals surface area contributed by atoms with Crippen molar-refractivity contribution in [1.29, 1.82) is 0 Å². The summed E-state index contributed by atoms with van der Waals surface area (Å²) in [5.74, 6) is -1.15. The Morgan fingerprint density at radius 2 is 1.82 bits per heavy atom. The quantitative estimate of drug-likeness (QED) is 0.354. The largest absolute Gasteiger partial charge is 0.478 e. The molecule has 2 atom stereocenters. The first kappa shape index (κ1) is 28.3. The van der Waals surface area contributed by atoms with Crippen LogP contribution >= 0.6 is 23.2 Å². The van der Waals surface area contributed by atoms with Gasteiger partial charge in [0.15, 0.2) is 0 Å². The highest BCUT2D eigenvalue weighted by atomic mass is 35.5. The predicted molar refractivity (Wildman–Crippen MR) is 156 cm³/mol. The number of carboxylic acids is 1. The molecule has 1 saturated heterocycles.